The van der Waals surface area contributed by atoms with Gasteiger partial charge >= 0.3 is 6.09 Å². The number of anilines is 1. The average molecular weight is 315 g/mol. The predicted molar refractivity (Wildman–Crippen MR) is 79.8 cm³/mol. The van der Waals surface area contributed by atoms with Crippen molar-refractivity contribution >= 4 is 22.6 Å². The van der Waals surface area contributed by atoms with Gasteiger partial charge in [-0.05, 0) is 20.8 Å². The second-order valence-electron chi connectivity index (χ2n) is 5.94. The van der Waals surface area contributed by atoms with Crippen molar-refractivity contribution in [3.8, 4) is 5.88 Å². The summed E-state index contributed by atoms with van der Waals surface area (Å²) in [6, 6.07) is -0.348. The smallest absolute Gasteiger partial charge is 0.410 e. The first-order chi connectivity index (χ1) is 9.80. The van der Waals surface area contributed by atoms with E-state index in [1.807, 2.05) is 25.7 Å². The van der Waals surface area contributed by atoms with Crippen molar-refractivity contribution in [1.29, 1.82) is 0 Å². The van der Waals surface area contributed by atoms with E-state index < -0.39 is 11.7 Å². The predicted octanol–water partition coefficient (Wildman–Crippen LogP) is 1.27. The summed E-state index contributed by atoms with van der Waals surface area (Å²) < 4.78 is 5.36. The van der Waals surface area contributed by atoms with Crippen LogP contribution in [-0.4, -0.2) is 64.1 Å². The molecule has 2 N–H and O–H groups in total. The lowest BCUT2D eigenvalue weighted by Crippen LogP contribution is -2.57. The summed E-state index contributed by atoms with van der Waals surface area (Å²) in [5, 5.41) is 21.1. The Morgan fingerprint density at radius 2 is 2.24 bits per heavy atom. The number of aromatic nitrogens is 1. The molecule has 1 aromatic rings. The molecule has 1 unspecified atom stereocenters. The number of hydrogen-bond acceptors (Lipinski definition) is 7. The molecular formula is C13H21N3O4S. The van der Waals surface area contributed by atoms with E-state index in [1.165, 1.54) is 11.3 Å². The number of carbonyl (C=O) groups is 1. The summed E-state index contributed by atoms with van der Waals surface area (Å²) in [7, 11) is 0. The molecule has 1 saturated heterocycles. The normalized spacial score (nSPS) is 19.7. The fourth-order valence-corrected chi connectivity index (χ4v) is 2.87. The van der Waals surface area contributed by atoms with E-state index in [0.717, 1.165) is 0 Å². The third-order valence-corrected chi connectivity index (χ3v) is 3.96. The van der Waals surface area contributed by atoms with Gasteiger partial charge < -0.3 is 19.8 Å². The summed E-state index contributed by atoms with van der Waals surface area (Å²) >= 11 is 1.34. The molecule has 1 aliphatic heterocycles. The molecule has 118 valence electrons. The maximum atomic E-state index is 12.2. The van der Waals surface area contributed by atoms with Crippen LogP contribution in [0.5, 0.6) is 5.88 Å². The van der Waals surface area contributed by atoms with E-state index in [0.29, 0.717) is 24.8 Å². The number of hydrogen-bond donors (Lipinski definition) is 2. The van der Waals surface area contributed by atoms with Crippen LogP contribution in [0, 0.1) is 0 Å². The van der Waals surface area contributed by atoms with Crippen LogP contribution in [0.2, 0.25) is 0 Å². The summed E-state index contributed by atoms with van der Waals surface area (Å²) in [6.45, 7) is 6.79. The van der Waals surface area contributed by atoms with Crippen LogP contribution >= 0.6 is 11.3 Å². The number of aliphatic hydroxyl groups is 1. The van der Waals surface area contributed by atoms with Crippen LogP contribution in [0.25, 0.3) is 0 Å². The standard InChI is InChI=1S/C13H21N3O4S/c1-13(2,3)20-12(19)16-5-4-15(6-9(16)7-17)11-14-10(18)8-21-11/h8-9,17-18H,4-7H2,1-3H3. The number of rotatable bonds is 2. The molecule has 0 radical (unpaired) electrons. The number of thiazole rings is 1. The lowest BCUT2D eigenvalue weighted by Gasteiger charge is -2.40. The monoisotopic (exact) mass is 315 g/mol. The number of ether oxygens (including phenoxy) is 1. The van der Waals surface area contributed by atoms with Gasteiger partial charge in [0.05, 0.1) is 18.0 Å². The molecule has 0 bridgehead atoms. The molecule has 2 rings (SSSR count). The Morgan fingerprint density at radius 1 is 1.52 bits per heavy atom. The Morgan fingerprint density at radius 3 is 2.76 bits per heavy atom. The molecule has 8 heteroatoms. The van der Waals surface area contributed by atoms with Gasteiger partial charge in [0, 0.05) is 19.6 Å². The van der Waals surface area contributed by atoms with Gasteiger partial charge in [0.1, 0.15) is 5.60 Å². The van der Waals surface area contributed by atoms with Crippen molar-refractivity contribution < 1.29 is 19.7 Å². The van der Waals surface area contributed by atoms with E-state index in [1.54, 1.807) is 10.3 Å². The van der Waals surface area contributed by atoms with Crippen LogP contribution in [0.4, 0.5) is 9.93 Å². The molecule has 0 saturated carbocycles. The van der Waals surface area contributed by atoms with E-state index in [4.69, 9.17) is 4.74 Å². The second-order valence-corrected chi connectivity index (χ2v) is 6.78. The van der Waals surface area contributed by atoms with Gasteiger partial charge in [-0.3, -0.25) is 4.90 Å². The summed E-state index contributed by atoms with van der Waals surface area (Å²) in [4.78, 5) is 19.7. The minimum atomic E-state index is -0.560. The van der Waals surface area contributed by atoms with Crippen molar-refractivity contribution in [1.82, 2.24) is 9.88 Å². The Kier molecular flexibility index (Phi) is 4.58. The Hall–Kier alpha value is -1.54. The average Bonchev–Trinajstić information content (AvgIpc) is 2.82. The summed E-state index contributed by atoms with van der Waals surface area (Å²) in [6.07, 6.45) is -0.414. The van der Waals surface area contributed by atoms with Crippen molar-refractivity contribution in [3.05, 3.63) is 5.38 Å². The lowest BCUT2D eigenvalue weighted by atomic mass is 10.2. The third kappa shape index (κ3) is 3.98. The van der Waals surface area contributed by atoms with Crippen molar-refractivity contribution in [2.45, 2.75) is 32.4 Å². The highest BCUT2D eigenvalue weighted by molar-refractivity contribution is 7.13. The Balaban J connectivity index is 2.03. The number of nitrogens with zero attached hydrogens (tertiary/aromatic N) is 3. The van der Waals surface area contributed by atoms with Gasteiger partial charge in [-0.2, -0.15) is 4.98 Å². The zero-order valence-electron chi connectivity index (χ0n) is 12.4. The molecule has 0 spiro atoms. The van der Waals surface area contributed by atoms with Crippen LogP contribution in [0.15, 0.2) is 5.38 Å². The fourth-order valence-electron chi connectivity index (χ4n) is 2.15. The molecule has 1 fully saturated rings. The van der Waals surface area contributed by atoms with Crippen LogP contribution in [0.3, 0.4) is 0 Å². The van der Waals surface area contributed by atoms with E-state index >= 15 is 0 Å². The van der Waals surface area contributed by atoms with Gasteiger partial charge in [0.25, 0.3) is 0 Å². The van der Waals surface area contributed by atoms with Gasteiger partial charge in [0.15, 0.2) is 5.13 Å². The molecular weight excluding hydrogens is 294 g/mol. The Bertz CT molecular complexity index is 500. The molecule has 0 aromatic carbocycles. The van der Waals surface area contributed by atoms with Gasteiger partial charge in [-0.15, -0.1) is 11.3 Å². The molecule has 1 aliphatic rings. The number of amides is 1. The molecule has 7 nitrogen and oxygen atoms in total. The first kappa shape index (κ1) is 15.8. The third-order valence-electron chi connectivity index (χ3n) is 3.07. The molecule has 2 heterocycles. The number of carbonyl (C=O) groups excluding carboxylic acids is 1. The minimum absolute atomic E-state index is 0.00915. The minimum Gasteiger partial charge on any atom is -0.493 e. The number of aliphatic hydroxyl groups excluding tert-OH is 1. The molecule has 0 aliphatic carbocycles. The van der Waals surface area contributed by atoms with Crippen molar-refractivity contribution in [3.63, 3.8) is 0 Å². The molecule has 21 heavy (non-hydrogen) atoms. The summed E-state index contributed by atoms with van der Waals surface area (Å²) in [5.41, 5.74) is -0.560. The Labute approximate surface area is 127 Å². The first-order valence-corrected chi connectivity index (χ1v) is 7.68. The highest BCUT2D eigenvalue weighted by Crippen LogP contribution is 2.26. The SMILES string of the molecule is CC(C)(C)OC(=O)N1CCN(c2nc(O)cs2)CC1CO. The largest absolute Gasteiger partial charge is 0.493 e. The zero-order valence-corrected chi connectivity index (χ0v) is 13.3. The van der Waals surface area contributed by atoms with Crippen LogP contribution in [-0.2, 0) is 4.74 Å². The summed E-state index contributed by atoms with van der Waals surface area (Å²) in [5.74, 6) is -0.00915. The zero-order chi connectivity index (χ0) is 15.6. The van der Waals surface area contributed by atoms with Crippen molar-refractivity contribution in [2.75, 3.05) is 31.1 Å². The highest BCUT2D eigenvalue weighted by Gasteiger charge is 2.33. The molecule has 1 aromatic heterocycles. The number of aromatic hydroxyl groups is 1. The van der Waals surface area contributed by atoms with Gasteiger partial charge in [0.2, 0.25) is 5.88 Å². The lowest BCUT2D eigenvalue weighted by molar-refractivity contribution is 0.00703. The quantitative estimate of drug-likeness (QED) is 0.855. The maximum absolute atomic E-state index is 12.2. The molecule has 1 atom stereocenters. The van der Waals surface area contributed by atoms with Gasteiger partial charge in [-0.25, -0.2) is 4.79 Å². The van der Waals surface area contributed by atoms with Crippen LogP contribution in [0.1, 0.15) is 20.8 Å². The maximum Gasteiger partial charge on any atom is 0.410 e. The number of piperazine rings is 1. The van der Waals surface area contributed by atoms with E-state index in [2.05, 4.69) is 4.98 Å². The molecule has 1 amide bonds. The van der Waals surface area contributed by atoms with E-state index in [9.17, 15) is 15.0 Å². The van der Waals surface area contributed by atoms with Crippen molar-refractivity contribution in [2.24, 2.45) is 0 Å². The fraction of sp³-hybridized carbons (Fsp3) is 0.692. The van der Waals surface area contributed by atoms with Gasteiger partial charge in [-0.1, -0.05) is 0 Å². The van der Waals surface area contributed by atoms with E-state index in [-0.39, 0.29) is 18.5 Å². The first-order valence-electron chi connectivity index (χ1n) is 6.80. The van der Waals surface area contributed by atoms with Crippen LogP contribution < -0.4 is 4.90 Å². The highest BCUT2D eigenvalue weighted by atomic mass is 32.1. The topological polar surface area (TPSA) is 86.1 Å². The second kappa shape index (κ2) is 6.07.